The number of nitrogens with two attached hydrogens (primary N) is 1. The van der Waals surface area contributed by atoms with E-state index in [0.29, 0.717) is 5.56 Å². The molecule has 2 N–H and O–H groups in total. The van der Waals surface area contributed by atoms with Crippen molar-refractivity contribution in [2.75, 3.05) is 0 Å². The molecule has 0 unspecified atom stereocenters. The molecule has 0 saturated carbocycles. The van der Waals surface area contributed by atoms with Gasteiger partial charge in [0.1, 0.15) is 11.6 Å². The normalized spacial score (nSPS) is 12.5. The van der Waals surface area contributed by atoms with Crippen molar-refractivity contribution < 1.29 is 22.3 Å². The van der Waals surface area contributed by atoms with Gasteiger partial charge in [-0.3, -0.25) is 0 Å². The predicted octanol–water partition coefficient (Wildman–Crippen LogP) is 4.85. The summed E-state index contributed by atoms with van der Waals surface area (Å²) in [6.45, 7) is 0. The number of benzene rings is 2. The molecule has 0 amide bonds. The van der Waals surface area contributed by atoms with Crippen molar-refractivity contribution in [2.24, 2.45) is 5.73 Å². The Bertz CT molecular complexity index is 632. The van der Waals surface area contributed by atoms with Crippen molar-refractivity contribution >= 4 is 24.0 Å². The molecule has 22 heavy (non-hydrogen) atoms. The zero-order valence-corrected chi connectivity index (χ0v) is 12.5. The SMILES string of the molecule is Cl.N[C@@H](c1ccc(OC(F)(F)F)cc1)c1cccc(Cl)c1F. The molecule has 0 aliphatic rings. The Hall–Kier alpha value is -1.50. The topological polar surface area (TPSA) is 35.2 Å². The number of rotatable bonds is 3. The van der Waals surface area contributed by atoms with Gasteiger partial charge in [0.25, 0.3) is 0 Å². The highest BCUT2D eigenvalue weighted by Crippen LogP contribution is 2.28. The standard InChI is InChI=1S/C14H10ClF4NO.ClH/c15-11-3-1-2-10(12(11)16)13(20)8-4-6-9(7-5-8)21-14(17,18)19;/h1-7,13H,20H2;1H/t13-;/m0./s1. The molecule has 1 atom stereocenters. The van der Waals surface area contributed by atoms with Crippen LogP contribution in [-0.2, 0) is 0 Å². The third-order valence-corrected chi connectivity index (χ3v) is 3.08. The minimum absolute atomic E-state index is 0. The number of hydrogen-bond acceptors (Lipinski definition) is 2. The molecule has 120 valence electrons. The number of ether oxygens (including phenoxy) is 1. The van der Waals surface area contributed by atoms with E-state index in [1.807, 2.05) is 0 Å². The molecule has 0 radical (unpaired) electrons. The molecule has 0 aliphatic heterocycles. The van der Waals surface area contributed by atoms with Crippen LogP contribution in [-0.4, -0.2) is 6.36 Å². The van der Waals surface area contributed by atoms with Crippen LogP contribution in [0.15, 0.2) is 42.5 Å². The first kappa shape index (κ1) is 18.5. The Morgan fingerprint density at radius 1 is 1.05 bits per heavy atom. The van der Waals surface area contributed by atoms with Crippen LogP contribution in [0.2, 0.25) is 5.02 Å². The van der Waals surface area contributed by atoms with E-state index in [1.54, 1.807) is 6.07 Å². The van der Waals surface area contributed by atoms with Crippen molar-refractivity contribution in [3.63, 3.8) is 0 Å². The lowest BCUT2D eigenvalue weighted by Gasteiger charge is -2.15. The first-order chi connectivity index (χ1) is 9.78. The molecular weight excluding hydrogens is 345 g/mol. The zero-order valence-electron chi connectivity index (χ0n) is 10.9. The van der Waals surface area contributed by atoms with Gasteiger partial charge in [-0.25, -0.2) is 4.39 Å². The van der Waals surface area contributed by atoms with Gasteiger partial charge in [0.2, 0.25) is 0 Å². The lowest BCUT2D eigenvalue weighted by Crippen LogP contribution is -2.17. The van der Waals surface area contributed by atoms with Crippen molar-refractivity contribution in [1.82, 2.24) is 0 Å². The smallest absolute Gasteiger partial charge is 0.406 e. The average molecular weight is 356 g/mol. The van der Waals surface area contributed by atoms with E-state index in [9.17, 15) is 17.6 Å². The summed E-state index contributed by atoms with van der Waals surface area (Å²) in [6.07, 6.45) is -4.76. The summed E-state index contributed by atoms with van der Waals surface area (Å²) in [4.78, 5) is 0. The highest BCUT2D eigenvalue weighted by molar-refractivity contribution is 6.30. The molecule has 2 nitrogen and oxygen atoms in total. The fourth-order valence-electron chi connectivity index (χ4n) is 1.82. The number of halogens is 6. The Kier molecular flexibility index (Phi) is 6.05. The predicted molar refractivity (Wildman–Crippen MR) is 77.8 cm³/mol. The molecule has 0 spiro atoms. The summed E-state index contributed by atoms with van der Waals surface area (Å²) >= 11 is 5.67. The van der Waals surface area contributed by atoms with Crippen molar-refractivity contribution in [3.05, 3.63) is 64.4 Å². The molecule has 0 fully saturated rings. The Labute approximate surface area is 135 Å². The summed E-state index contributed by atoms with van der Waals surface area (Å²) in [7, 11) is 0. The van der Waals surface area contributed by atoms with Gasteiger partial charge < -0.3 is 10.5 Å². The Morgan fingerprint density at radius 2 is 1.64 bits per heavy atom. The average Bonchev–Trinajstić information content (AvgIpc) is 2.40. The maximum Gasteiger partial charge on any atom is 0.573 e. The highest BCUT2D eigenvalue weighted by atomic mass is 35.5. The Morgan fingerprint density at radius 3 is 2.18 bits per heavy atom. The Balaban J connectivity index is 0.00000242. The van der Waals surface area contributed by atoms with Crippen LogP contribution in [0, 0.1) is 5.82 Å². The van der Waals surface area contributed by atoms with Crippen molar-refractivity contribution in [1.29, 1.82) is 0 Å². The van der Waals surface area contributed by atoms with Crippen LogP contribution in [0.3, 0.4) is 0 Å². The van der Waals surface area contributed by atoms with E-state index >= 15 is 0 Å². The summed E-state index contributed by atoms with van der Waals surface area (Å²) in [5, 5.41) is -0.0695. The van der Waals surface area contributed by atoms with Gasteiger partial charge in [0.15, 0.2) is 0 Å². The van der Waals surface area contributed by atoms with Gasteiger partial charge in [-0.05, 0) is 23.8 Å². The van der Waals surface area contributed by atoms with Crippen LogP contribution < -0.4 is 10.5 Å². The number of hydrogen-bond donors (Lipinski definition) is 1. The van der Waals surface area contributed by atoms with Crippen molar-refractivity contribution in [3.8, 4) is 5.75 Å². The van der Waals surface area contributed by atoms with Crippen LogP contribution >= 0.6 is 24.0 Å². The van der Waals surface area contributed by atoms with E-state index in [-0.39, 0.29) is 28.7 Å². The van der Waals surface area contributed by atoms with E-state index in [2.05, 4.69) is 4.74 Å². The van der Waals surface area contributed by atoms with Crippen LogP contribution in [0.5, 0.6) is 5.75 Å². The monoisotopic (exact) mass is 355 g/mol. The van der Waals surface area contributed by atoms with E-state index in [0.717, 1.165) is 12.1 Å². The van der Waals surface area contributed by atoms with Gasteiger partial charge in [0, 0.05) is 5.56 Å². The van der Waals surface area contributed by atoms with Crippen LogP contribution in [0.1, 0.15) is 17.2 Å². The molecule has 2 rings (SSSR count). The highest BCUT2D eigenvalue weighted by Gasteiger charge is 2.31. The lowest BCUT2D eigenvalue weighted by molar-refractivity contribution is -0.274. The van der Waals surface area contributed by atoms with Gasteiger partial charge in [0.05, 0.1) is 11.1 Å². The zero-order chi connectivity index (χ0) is 15.6. The maximum absolute atomic E-state index is 13.9. The maximum atomic E-state index is 13.9. The van der Waals surface area contributed by atoms with Gasteiger partial charge in [-0.2, -0.15) is 0 Å². The fourth-order valence-corrected chi connectivity index (χ4v) is 2.00. The fraction of sp³-hybridized carbons (Fsp3) is 0.143. The summed E-state index contributed by atoms with van der Waals surface area (Å²) in [6, 6.07) is 8.46. The molecule has 2 aromatic carbocycles. The largest absolute Gasteiger partial charge is 0.573 e. The second-order valence-electron chi connectivity index (χ2n) is 4.24. The lowest BCUT2D eigenvalue weighted by atomic mass is 9.99. The van der Waals surface area contributed by atoms with E-state index < -0.39 is 18.2 Å². The quantitative estimate of drug-likeness (QED) is 0.799. The second-order valence-corrected chi connectivity index (χ2v) is 4.64. The van der Waals surface area contributed by atoms with Gasteiger partial charge >= 0.3 is 6.36 Å². The second kappa shape index (κ2) is 7.17. The molecule has 0 aliphatic carbocycles. The summed E-state index contributed by atoms with van der Waals surface area (Å²) in [5.41, 5.74) is 6.50. The minimum atomic E-state index is -4.76. The van der Waals surface area contributed by atoms with Crippen LogP contribution in [0.25, 0.3) is 0 Å². The van der Waals surface area contributed by atoms with E-state index in [4.69, 9.17) is 17.3 Å². The number of alkyl halides is 3. The first-order valence-electron chi connectivity index (χ1n) is 5.83. The summed E-state index contributed by atoms with van der Waals surface area (Å²) < 4.78 is 53.8. The molecule has 0 aromatic heterocycles. The van der Waals surface area contributed by atoms with Crippen molar-refractivity contribution in [2.45, 2.75) is 12.4 Å². The van der Waals surface area contributed by atoms with E-state index in [1.165, 1.54) is 24.3 Å². The molecule has 0 bridgehead atoms. The molecule has 0 heterocycles. The van der Waals surface area contributed by atoms with Gasteiger partial charge in [-0.15, -0.1) is 25.6 Å². The third-order valence-electron chi connectivity index (χ3n) is 2.79. The summed E-state index contributed by atoms with van der Waals surface area (Å²) in [5.74, 6) is -1.02. The third kappa shape index (κ3) is 4.50. The van der Waals surface area contributed by atoms with Crippen LogP contribution in [0.4, 0.5) is 17.6 Å². The molecule has 0 saturated heterocycles. The molecule has 2 aromatic rings. The van der Waals surface area contributed by atoms with Gasteiger partial charge in [-0.1, -0.05) is 35.9 Å². The minimum Gasteiger partial charge on any atom is -0.406 e. The first-order valence-corrected chi connectivity index (χ1v) is 6.21. The molecular formula is C14H11Cl2F4NO. The molecule has 8 heteroatoms.